The van der Waals surface area contributed by atoms with Gasteiger partial charge in [-0.2, -0.15) is 0 Å². The Morgan fingerprint density at radius 2 is 2.00 bits per heavy atom. The van der Waals surface area contributed by atoms with Crippen molar-refractivity contribution >= 4 is 6.03 Å². The molecule has 0 aliphatic heterocycles. The SMILES string of the molecule is COc1ccc(CC[C@H](C)NC(=O)NCc2ccccn2)cc1. The standard InChI is InChI=1S/C18H23N3O2/c1-14(6-7-15-8-10-17(23-2)11-9-15)21-18(22)20-13-16-5-3-4-12-19-16/h3-5,8-12,14H,6-7,13H2,1-2H3,(H2,20,21,22)/t14-/m0/s1. The molecule has 2 N–H and O–H groups in total. The molecule has 122 valence electrons. The number of aromatic nitrogens is 1. The molecular formula is C18H23N3O2. The van der Waals surface area contributed by atoms with Crippen LogP contribution in [0, 0.1) is 0 Å². The fourth-order valence-corrected chi connectivity index (χ4v) is 2.20. The molecule has 2 rings (SSSR count). The number of hydrogen-bond donors (Lipinski definition) is 2. The molecule has 0 spiro atoms. The first-order valence-electron chi connectivity index (χ1n) is 7.74. The number of carbonyl (C=O) groups excluding carboxylic acids is 1. The van der Waals surface area contributed by atoms with E-state index in [1.54, 1.807) is 13.3 Å². The third kappa shape index (κ3) is 5.98. The highest BCUT2D eigenvalue weighted by molar-refractivity contribution is 5.74. The van der Waals surface area contributed by atoms with Crippen molar-refractivity contribution in [2.75, 3.05) is 7.11 Å². The lowest BCUT2D eigenvalue weighted by atomic mass is 10.1. The Balaban J connectivity index is 1.69. The summed E-state index contributed by atoms with van der Waals surface area (Å²) in [5.41, 5.74) is 2.07. The van der Waals surface area contributed by atoms with Crippen LogP contribution >= 0.6 is 0 Å². The summed E-state index contributed by atoms with van der Waals surface area (Å²) in [6.07, 6.45) is 3.50. The molecule has 23 heavy (non-hydrogen) atoms. The van der Waals surface area contributed by atoms with E-state index < -0.39 is 0 Å². The molecule has 0 aliphatic carbocycles. The Kier molecular flexibility index (Phi) is 6.41. The summed E-state index contributed by atoms with van der Waals surface area (Å²) >= 11 is 0. The predicted molar refractivity (Wildman–Crippen MR) is 90.4 cm³/mol. The molecular weight excluding hydrogens is 290 g/mol. The van der Waals surface area contributed by atoms with Gasteiger partial charge in [-0.15, -0.1) is 0 Å². The minimum atomic E-state index is -0.169. The van der Waals surface area contributed by atoms with E-state index in [9.17, 15) is 4.79 Å². The number of pyridine rings is 1. The van der Waals surface area contributed by atoms with Crippen LogP contribution in [0.15, 0.2) is 48.7 Å². The first-order valence-corrected chi connectivity index (χ1v) is 7.74. The second-order valence-corrected chi connectivity index (χ2v) is 5.44. The second-order valence-electron chi connectivity index (χ2n) is 5.44. The molecule has 0 aliphatic rings. The zero-order chi connectivity index (χ0) is 16.5. The second kappa shape index (κ2) is 8.78. The molecule has 0 fully saturated rings. The molecule has 5 heteroatoms. The topological polar surface area (TPSA) is 63.2 Å². The van der Waals surface area contributed by atoms with Crippen molar-refractivity contribution in [2.24, 2.45) is 0 Å². The van der Waals surface area contributed by atoms with Crippen LogP contribution in [0.4, 0.5) is 4.79 Å². The van der Waals surface area contributed by atoms with Crippen molar-refractivity contribution in [3.8, 4) is 5.75 Å². The van der Waals surface area contributed by atoms with Crippen LogP contribution in [0.25, 0.3) is 0 Å². The maximum Gasteiger partial charge on any atom is 0.315 e. The molecule has 1 aromatic carbocycles. The van der Waals surface area contributed by atoms with Crippen LogP contribution in [-0.2, 0) is 13.0 Å². The molecule has 0 unspecified atom stereocenters. The van der Waals surface area contributed by atoms with E-state index in [4.69, 9.17) is 4.74 Å². The highest BCUT2D eigenvalue weighted by atomic mass is 16.5. The van der Waals surface area contributed by atoms with Crippen LogP contribution in [0.5, 0.6) is 5.75 Å². The number of hydrogen-bond acceptors (Lipinski definition) is 3. The van der Waals surface area contributed by atoms with Gasteiger partial charge in [-0.25, -0.2) is 4.79 Å². The number of nitrogens with one attached hydrogen (secondary N) is 2. The largest absolute Gasteiger partial charge is 0.497 e. The minimum absolute atomic E-state index is 0.0980. The average Bonchev–Trinajstić information content (AvgIpc) is 2.59. The lowest BCUT2D eigenvalue weighted by Gasteiger charge is -2.14. The Hall–Kier alpha value is -2.56. The number of benzene rings is 1. The summed E-state index contributed by atoms with van der Waals surface area (Å²) in [6, 6.07) is 13.6. The lowest BCUT2D eigenvalue weighted by Crippen LogP contribution is -2.40. The van der Waals surface area contributed by atoms with Gasteiger partial charge in [0.05, 0.1) is 19.3 Å². The van der Waals surface area contributed by atoms with Gasteiger partial charge in [-0.1, -0.05) is 18.2 Å². The molecule has 0 bridgehead atoms. The number of carbonyl (C=O) groups is 1. The van der Waals surface area contributed by atoms with Crippen molar-refractivity contribution in [2.45, 2.75) is 32.4 Å². The van der Waals surface area contributed by atoms with E-state index in [1.165, 1.54) is 5.56 Å². The number of urea groups is 1. The number of ether oxygens (including phenoxy) is 1. The summed E-state index contributed by atoms with van der Waals surface area (Å²) in [6.45, 7) is 2.43. The Bertz CT molecular complexity index is 599. The van der Waals surface area contributed by atoms with E-state index in [0.29, 0.717) is 6.54 Å². The van der Waals surface area contributed by atoms with Crippen molar-refractivity contribution in [3.63, 3.8) is 0 Å². The van der Waals surface area contributed by atoms with Gasteiger partial charge in [-0.3, -0.25) is 4.98 Å². The van der Waals surface area contributed by atoms with Gasteiger partial charge in [-0.05, 0) is 49.6 Å². The van der Waals surface area contributed by atoms with Crippen LogP contribution in [0.3, 0.4) is 0 Å². The van der Waals surface area contributed by atoms with Crippen molar-refractivity contribution in [1.82, 2.24) is 15.6 Å². The minimum Gasteiger partial charge on any atom is -0.497 e. The average molecular weight is 313 g/mol. The molecule has 1 aromatic heterocycles. The highest BCUT2D eigenvalue weighted by Gasteiger charge is 2.07. The number of aryl methyl sites for hydroxylation is 1. The van der Waals surface area contributed by atoms with Gasteiger partial charge in [0.2, 0.25) is 0 Å². The number of amides is 2. The van der Waals surface area contributed by atoms with E-state index >= 15 is 0 Å². The van der Waals surface area contributed by atoms with Crippen LogP contribution in [0.2, 0.25) is 0 Å². The van der Waals surface area contributed by atoms with Crippen LogP contribution in [-0.4, -0.2) is 24.2 Å². The Labute approximate surface area is 137 Å². The monoisotopic (exact) mass is 313 g/mol. The van der Waals surface area contributed by atoms with Crippen LogP contribution < -0.4 is 15.4 Å². The zero-order valence-electron chi connectivity index (χ0n) is 13.6. The van der Waals surface area contributed by atoms with E-state index in [1.807, 2.05) is 49.4 Å². The molecule has 0 radical (unpaired) electrons. The predicted octanol–water partition coefficient (Wildman–Crippen LogP) is 2.91. The highest BCUT2D eigenvalue weighted by Crippen LogP contribution is 2.13. The maximum atomic E-state index is 11.9. The number of rotatable bonds is 7. The van der Waals surface area contributed by atoms with Gasteiger partial charge < -0.3 is 15.4 Å². The normalized spacial score (nSPS) is 11.6. The summed E-state index contributed by atoms with van der Waals surface area (Å²) in [7, 11) is 1.66. The van der Waals surface area contributed by atoms with Gasteiger partial charge >= 0.3 is 6.03 Å². The molecule has 0 saturated heterocycles. The zero-order valence-corrected chi connectivity index (χ0v) is 13.6. The molecule has 1 heterocycles. The summed E-state index contributed by atoms with van der Waals surface area (Å²) in [5.74, 6) is 0.855. The maximum absolute atomic E-state index is 11.9. The summed E-state index contributed by atoms with van der Waals surface area (Å²) in [5, 5.41) is 5.75. The molecule has 2 amide bonds. The summed E-state index contributed by atoms with van der Waals surface area (Å²) < 4.78 is 5.14. The van der Waals surface area contributed by atoms with Gasteiger partial charge in [0, 0.05) is 12.2 Å². The van der Waals surface area contributed by atoms with Crippen molar-refractivity contribution < 1.29 is 9.53 Å². The Morgan fingerprint density at radius 3 is 2.65 bits per heavy atom. The van der Waals surface area contributed by atoms with Gasteiger partial charge in [0.1, 0.15) is 5.75 Å². The number of methoxy groups -OCH3 is 1. The van der Waals surface area contributed by atoms with Crippen molar-refractivity contribution in [1.29, 1.82) is 0 Å². The van der Waals surface area contributed by atoms with E-state index in [0.717, 1.165) is 24.3 Å². The quantitative estimate of drug-likeness (QED) is 0.826. The van der Waals surface area contributed by atoms with E-state index in [2.05, 4.69) is 15.6 Å². The fourth-order valence-electron chi connectivity index (χ4n) is 2.20. The first kappa shape index (κ1) is 16.8. The fraction of sp³-hybridized carbons (Fsp3) is 0.333. The first-order chi connectivity index (χ1) is 11.2. The van der Waals surface area contributed by atoms with E-state index in [-0.39, 0.29) is 12.1 Å². The van der Waals surface area contributed by atoms with Crippen molar-refractivity contribution in [3.05, 3.63) is 59.9 Å². The number of nitrogens with zero attached hydrogens (tertiary/aromatic N) is 1. The molecule has 0 saturated carbocycles. The third-order valence-electron chi connectivity index (χ3n) is 3.56. The van der Waals surface area contributed by atoms with Gasteiger partial charge in [0.25, 0.3) is 0 Å². The van der Waals surface area contributed by atoms with Crippen LogP contribution in [0.1, 0.15) is 24.6 Å². The smallest absolute Gasteiger partial charge is 0.315 e. The Morgan fingerprint density at radius 1 is 1.22 bits per heavy atom. The molecule has 5 nitrogen and oxygen atoms in total. The van der Waals surface area contributed by atoms with Gasteiger partial charge in [0.15, 0.2) is 0 Å². The summed E-state index contributed by atoms with van der Waals surface area (Å²) in [4.78, 5) is 16.0. The molecule has 2 aromatic rings. The molecule has 1 atom stereocenters. The lowest BCUT2D eigenvalue weighted by molar-refractivity contribution is 0.236. The third-order valence-corrected chi connectivity index (χ3v) is 3.56.